The average molecular weight is 1170 g/mol. The Kier molecular flexibility index (Phi) is 22.1. The molecular weight excluding hydrogens is 1080 g/mol. The van der Waals surface area contributed by atoms with E-state index < -0.39 is 89.1 Å². The Morgan fingerprint density at radius 1 is 0.553 bits per heavy atom. The van der Waals surface area contributed by atoms with Crippen molar-refractivity contribution in [1.29, 1.82) is 0 Å². The highest BCUT2D eigenvalue weighted by molar-refractivity contribution is 5.96. The van der Waals surface area contributed by atoms with Crippen LogP contribution < -0.4 is 54.8 Å². The van der Waals surface area contributed by atoms with Gasteiger partial charge in [0.05, 0.1) is 6.04 Å². The molecule has 0 unspecified atom stereocenters. The Balaban J connectivity index is 0.886. The minimum Gasteiger partial charge on any atom is -0.508 e. The fourth-order valence-corrected chi connectivity index (χ4v) is 13.3. The van der Waals surface area contributed by atoms with Crippen molar-refractivity contribution in [3.63, 3.8) is 0 Å². The number of amides is 8. The van der Waals surface area contributed by atoms with Crippen LogP contribution in [-0.2, 0) is 64.0 Å². The van der Waals surface area contributed by atoms with E-state index in [4.69, 9.17) is 22.9 Å². The number of nitrogens with zero attached hydrogens (tertiary/aromatic N) is 2. The Morgan fingerprint density at radius 2 is 1.02 bits per heavy atom. The molecule has 21 nitrogen and oxygen atoms in total. The fraction of sp³-hybridized carbons (Fsp3) is 0.484. The Hall–Kier alpha value is -8.33. The van der Waals surface area contributed by atoms with Gasteiger partial charge in [0.25, 0.3) is 0 Å². The van der Waals surface area contributed by atoms with Crippen LogP contribution in [0.4, 0.5) is 0 Å². The second-order valence-electron chi connectivity index (χ2n) is 23.8. The van der Waals surface area contributed by atoms with Gasteiger partial charge >= 0.3 is 0 Å². The van der Waals surface area contributed by atoms with Gasteiger partial charge < -0.3 is 64.8 Å². The lowest BCUT2D eigenvalue weighted by Crippen LogP contribution is -2.59. The molecule has 4 aromatic rings. The highest BCUT2D eigenvalue weighted by Crippen LogP contribution is 2.60. The number of nitrogens with one attached hydrogen (secondary N) is 6. The maximum Gasteiger partial charge on any atom is 0.243 e. The number of rotatable bonds is 30. The zero-order chi connectivity index (χ0) is 60.5. The summed E-state index contributed by atoms with van der Waals surface area (Å²) in [6.07, 6.45) is 8.52. The van der Waals surface area contributed by atoms with Crippen molar-refractivity contribution in [1.82, 2.24) is 36.8 Å². The first-order valence-corrected chi connectivity index (χ1v) is 30.0. The van der Waals surface area contributed by atoms with Crippen molar-refractivity contribution < 1.29 is 43.5 Å². The van der Waals surface area contributed by atoms with E-state index in [1.165, 1.54) is 17.0 Å². The van der Waals surface area contributed by atoms with Crippen molar-refractivity contribution >= 4 is 53.2 Å². The van der Waals surface area contributed by atoms with Gasteiger partial charge in [-0.15, -0.1) is 0 Å². The molecule has 4 saturated carbocycles. The number of phenols is 1. The molecule has 4 aromatic carbocycles. The van der Waals surface area contributed by atoms with Gasteiger partial charge in [0.2, 0.25) is 47.3 Å². The summed E-state index contributed by atoms with van der Waals surface area (Å²) in [5.74, 6) is -2.71. The monoisotopic (exact) mass is 1160 g/mol. The van der Waals surface area contributed by atoms with E-state index in [1.807, 2.05) is 91.0 Å². The van der Waals surface area contributed by atoms with Crippen LogP contribution in [0.5, 0.6) is 5.75 Å². The van der Waals surface area contributed by atoms with E-state index in [0.717, 1.165) is 60.8 Å². The van der Waals surface area contributed by atoms with Gasteiger partial charge in [0.1, 0.15) is 42.0 Å². The summed E-state index contributed by atoms with van der Waals surface area (Å²) in [5, 5.41) is 27.2. The van der Waals surface area contributed by atoms with Gasteiger partial charge in [-0.05, 0) is 142 Å². The van der Waals surface area contributed by atoms with Gasteiger partial charge in [0.15, 0.2) is 5.96 Å². The van der Waals surface area contributed by atoms with Crippen molar-refractivity contribution in [2.75, 3.05) is 19.6 Å². The number of primary amides is 1. The molecule has 1 aliphatic heterocycles. The lowest BCUT2D eigenvalue weighted by atomic mass is 9.49. The molecule has 21 heteroatoms. The van der Waals surface area contributed by atoms with Gasteiger partial charge in [-0.2, -0.15) is 0 Å². The largest absolute Gasteiger partial charge is 0.508 e. The molecule has 4 aliphatic carbocycles. The fourth-order valence-electron chi connectivity index (χ4n) is 13.3. The molecule has 7 atom stereocenters. The van der Waals surface area contributed by atoms with Crippen LogP contribution in [0.15, 0.2) is 120 Å². The average Bonchev–Trinajstić information content (AvgIpc) is 2.26. The second-order valence-corrected chi connectivity index (χ2v) is 23.8. The second kappa shape index (κ2) is 30.0. The minimum atomic E-state index is -1.17. The van der Waals surface area contributed by atoms with Crippen molar-refractivity contribution in [2.45, 2.75) is 151 Å². The van der Waals surface area contributed by atoms with E-state index in [-0.39, 0.29) is 69.2 Å². The molecule has 454 valence electrons. The summed E-state index contributed by atoms with van der Waals surface area (Å²) in [6, 6.07) is 26.3. The molecule has 1 heterocycles. The zero-order valence-corrected chi connectivity index (χ0v) is 48.3. The van der Waals surface area contributed by atoms with Crippen molar-refractivity contribution in [2.24, 2.45) is 51.1 Å². The molecular formula is C64H84N12O9. The molecule has 4 bridgehead atoms. The molecule has 5 aliphatic rings. The molecule has 5 fully saturated rings. The van der Waals surface area contributed by atoms with E-state index in [9.17, 15) is 43.5 Å². The van der Waals surface area contributed by atoms with Crippen LogP contribution in [0, 0.1) is 23.2 Å². The maximum atomic E-state index is 14.5. The molecule has 85 heavy (non-hydrogen) atoms. The summed E-state index contributed by atoms with van der Waals surface area (Å²) in [6.45, 7) is 0.653. The quantitative estimate of drug-likeness (QED) is 0.0204. The van der Waals surface area contributed by atoms with E-state index >= 15 is 0 Å². The number of nitrogens with two attached hydrogens (primary N) is 4. The summed E-state index contributed by atoms with van der Waals surface area (Å²) in [5.41, 5.74) is 25.9. The molecule has 0 aromatic heterocycles. The number of likely N-dealkylation sites (tertiary alicyclic amines) is 1. The lowest BCUT2D eigenvalue weighted by Gasteiger charge is -2.55. The topological polar surface area (TPSA) is 349 Å². The number of unbranched alkanes of at least 4 members (excludes halogenated alkanes) is 1. The van der Waals surface area contributed by atoms with Gasteiger partial charge in [-0.1, -0.05) is 103 Å². The normalized spacial score (nSPS) is 21.4. The summed E-state index contributed by atoms with van der Waals surface area (Å²) in [7, 11) is 0. The lowest BCUT2D eigenvalue weighted by molar-refractivity contribution is -0.148. The number of aromatic hydroxyl groups is 1. The van der Waals surface area contributed by atoms with Crippen molar-refractivity contribution in [3.8, 4) is 5.75 Å². The van der Waals surface area contributed by atoms with Crippen molar-refractivity contribution in [3.05, 3.63) is 138 Å². The van der Waals surface area contributed by atoms with Crippen LogP contribution in [0.1, 0.15) is 106 Å². The third kappa shape index (κ3) is 17.9. The first-order chi connectivity index (χ1) is 40.9. The smallest absolute Gasteiger partial charge is 0.243 e. The highest BCUT2D eigenvalue weighted by Gasteiger charge is 2.55. The van der Waals surface area contributed by atoms with Crippen LogP contribution in [0.25, 0.3) is 0 Å². The van der Waals surface area contributed by atoms with E-state index in [1.54, 1.807) is 12.1 Å². The summed E-state index contributed by atoms with van der Waals surface area (Å²) >= 11 is 0. The number of hydrogen-bond donors (Lipinski definition) is 11. The number of aliphatic imine (C=N–C) groups is 1. The van der Waals surface area contributed by atoms with Crippen LogP contribution in [-0.4, -0.2) is 125 Å². The molecule has 0 spiro atoms. The highest BCUT2D eigenvalue weighted by atomic mass is 16.3. The minimum absolute atomic E-state index is 0.0682. The van der Waals surface area contributed by atoms with Crippen LogP contribution in [0.2, 0.25) is 0 Å². The Labute approximate surface area is 497 Å². The third-order valence-corrected chi connectivity index (χ3v) is 17.3. The first kappa shape index (κ1) is 62.7. The number of benzene rings is 4. The predicted molar refractivity (Wildman–Crippen MR) is 321 cm³/mol. The number of carbonyl (C=O) groups excluding carboxylic acids is 8. The molecule has 9 rings (SSSR count). The molecule has 15 N–H and O–H groups in total. The maximum absolute atomic E-state index is 14.5. The summed E-state index contributed by atoms with van der Waals surface area (Å²) < 4.78 is 0. The summed E-state index contributed by atoms with van der Waals surface area (Å²) in [4.78, 5) is 118. The Bertz CT molecular complexity index is 2930. The number of carbonyl (C=O) groups is 8. The van der Waals surface area contributed by atoms with E-state index in [0.29, 0.717) is 56.4 Å². The molecule has 8 amide bonds. The van der Waals surface area contributed by atoms with Gasteiger partial charge in [-0.25, -0.2) is 0 Å². The number of phenolic OH excluding ortho intramolecular Hbond substituents is 1. The molecule has 0 radical (unpaired) electrons. The SMILES string of the molecule is NC(=O)[C@H](CCCCNC(=O)[C@H](Cc1ccccc1)NC(=O)[C@H](Cc1ccccc1)NC(=O)[C@@H]1CCCN1C(=O)[C@@H](N)Cc1ccc(O)cc1)NC(=O)[C@H](Cc1ccccc1)NC(=O)[C@H](CCCN=C(N)N)NC(=O)C12CC3CC(CC(C3)C1)C2. The zero-order valence-electron chi connectivity index (χ0n) is 48.3. The predicted octanol–water partition coefficient (Wildman–Crippen LogP) is 2.45. The van der Waals surface area contributed by atoms with Gasteiger partial charge in [-0.3, -0.25) is 43.3 Å². The van der Waals surface area contributed by atoms with Crippen LogP contribution >= 0.6 is 0 Å². The third-order valence-electron chi connectivity index (χ3n) is 17.3. The standard InChI is InChI=1S/C64H84N12O9/c65-48(33-43-23-25-47(77)26-24-43)61(84)76-29-13-22-54(76)60(83)74-53(36-42-18-8-3-9-19-42)59(82)72-51(34-40-14-4-1-5-15-40)56(79)69-27-11-10-20-49(55(66)78)71-58(81)52(35-41-16-6-2-7-17-41)73-57(80)50(21-12-28-70-63(67)68)75-62(85)64-37-44-30-45(38-64)32-46(31-44)39-64/h1-9,14-19,23-26,44-46,48-54,77H,10-13,20-22,27-39,65H2,(H2,66,78)(H,69,79)(H,71,81)(H,72,82)(H,73,80)(H,74,83)(H,75,85)(H4,67,68,70)/t44?,45?,46?,48-,49-,50-,51-,52-,53-,54-,64?/m0/s1. The molecule has 1 saturated heterocycles. The van der Waals surface area contributed by atoms with Crippen LogP contribution in [0.3, 0.4) is 0 Å². The number of hydrogen-bond acceptors (Lipinski definition) is 11. The van der Waals surface area contributed by atoms with E-state index in [2.05, 4.69) is 36.9 Å². The Morgan fingerprint density at radius 3 is 1.54 bits per heavy atom. The van der Waals surface area contributed by atoms with Gasteiger partial charge in [0, 0.05) is 44.3 Å². The number of guanidine groups is 1. The first-order valence-electron chi connectivity index (χ1n) is 30.0.